The van der Waals surface area contributed by atoms with Gasteiger partial charge >= 0.3 is 18.0 Å². The number of halogens is 1. The number of aromatic nitrogens is 2. The van der Waals surface area contributed by atoms with Crippen LogP contribution < -0.4 is 10.6 Å². The number of allylic oxidation sites excluding steroid dienone is 1. The number of hydrogen-bond donors (Lipinski definition) is 2. The van der Waals surface area contributed by atoms with E-state index in [9.17, 15) is 14.4 Å². The number of amides is 2. The lowest BCUT2D eigenvalue weighted by molar-refractivity contribution is -0.139. The molecule has 1 atom stereocenters. The third kappa shape index (κ3) is 4.38. The number of esters is 2. The number of rotatable bonds is 6. The van der Waals surface area contributed by atoms with Crippen LogP contribution in [0.2, 0.25) is 0 Å². The third-order valence-corrected chi connectivity index (χ3v) is 4.91. The van der Waals surface area contributed by atoms with Crippen LogP contribution in [-0.4, -0.2) is 41.0 Å². The van der Waals surface area contributed by atoms with E-state index >= 15 is 0 Å². The fourth-order valence-electron chi connectivity index (χ4n) is 3.09. The molecule has 10 heteroatoms. The van der Waals surface area contributed by atoms with E-state index in [0.29, 0.717) is 16.9 Å². The van der Waals surface area contributed by atoms with Gasteiger partial charge in [-0.15, -0.1) is 0 Å². The molecule has 1 aliphatic heterocycles. The van der Waals surface area contributed by atoms with Gasteiger partial charge in [-0.2, -0.15) is 5.10 Å². The average molecular weight is 477 g/mol. The third-order valence-electron chi connectivity index (χ3n) is 4.38. The molecule has 2 heterocycles. The molecular formula is C20H21BrN4O5. The summed E-state index contributed by atoms with van der Waals surface area (Å²) in [5.74, 6) is -1.25. The van der Waals surface area contributed by atoms with Gasteiger partial charge in [0.2, 0.25) is 0 Å². The molecule has 3 rings (SSSR count). The molecule has 0 bridgehead atoms. The number of benzene rings is 1. The van der Waals surface area contributed by atoms with Gasteiger partial charge in [-0.1, -0.05) is 15.9 Å². The molecule has 158 valence electrons. The summed E-state index contributed by atoms with van der Waals surface area (Å²) in [6.45, 7) is 5.29. The van der Waals surface area contributed by atoms with Gasteiger partial charge in [0, 0.05) is 21.9 Å². The minimum atomic E-state index is -0.929. The quantitative estimate of drug-likeness (QED) is 0.619. The molecule has 0 radical (unpaired) electrons. The summed E-state index contributed by atoms with van der Waals surface area (Å²) in [5.41, 5.74) is 1.55. The van der Waals surface area contributed by atoms with Gasteiger partial charge < -0.3 is 20.1 Å². The van der Waals surface area contributed by atoms with Crippen molar-refractivity contribution in [3.63, 3.8) is 0 Å². The standard InChI is InChI=1S/C20H21BrN4O5/c1-4-29-18(26)15-11(3)22-20(28)23-16(15)14-10-25(13-8-6-12(21)7-9-13)24-17(14)19(27)30-5-2/h6-10,16H,4-5H2,1-3H3,(H2,22,23,28)/t16-/m0/s1. The zero-order valence-electron chi connectivity index (χ0n) is 16.7. The Morgan fingerprint density at radius 2 is 1.77 bits per heavy atom. The number of urea groups is 1. The van der Waals surface area contributed by atoms with Crippen molar-refractivity contribution in [3.8, 4) is 5.69 Å². The van der Waals surface area contributed by atoms with Crippen molar-refractivity contribution in [3.05, 3.63) is 57.5 Å². The molecule has 0 saturated carbocycles. The summed E-state index contributed by atoms with van der Waals surface area (Å²) < 4.78 is 12.7. The van der Waals surface area contributed by atoms with Crippen molar-refractivity contribution in [2.24, 2.45) is 0 Å². The first-order valence-electron chi connectivity index (χ1n) is 9.33. The monoisotopic (exact) mass is 476 g/mol. The summed E-state index contributed by atoms with van der Waals surface area (Å²) in [5, 5.41) is 9.63. The Morgan fingerprint density at radius 3 is 2.40 bits per heavy atom. The van der Waals surface area contributed by atoms with Gasteiger partial charge in [-0.3, -0.25) is 0 Å². The van der Waals surface area contributed by atoms with Crippen LogP contribution in [0.4, 0.5) is 4.79 Å². The number of nitrogens with zero attached hydrogens (tertiary/aromatic N) is 2. The van der Waals surface area contributed by atoms with Gasteiger partial charge in [0.1, 0.15) is 0 Å². The van der Waals surface area contributed by atoms with E-state index < -0.39 is 24.0 Å². The summed E-state index contributed by atoms with van der Waals surface area (Å²) in [6, 6.07) is 5.86. The predicted molar refractivity (Wildman–Crippen MR) is 111 cm³/mol. The number of nitrogens with one attached hydrogen (secondary N) is 2. The smallest absolute Gasteiger partial charge is 0.359 e. The van der Waals surface area contributed by atoms with Crippen molar-refractivity contribution in [2.75, 3.05) is 13.2 Å². The largest absolute Gasteiger partial charge is 0.463 e. The SMILES string of the molecule is CCOC(=O)C1=C(C)NC(=O)N[C@H]1c1cn(-c2ccc(Br)cc2)nc1C(=O)OCC. The van der Waals surface area contributed by atoms with Gasteiger partial charge in [-0.25, -0.2) is 19.1 Å². The van der Waals surface area contributed by atoms with Crippen molar-refractivity contribution in [1.29, 1.82) is 0 Å². The average Bonchev–Trinajstić information content (AvgIpc) is 3.13. The maximum absolute atomic E-state index is 12.6. The van der Waals surface area contributed by atoms with Crippen molar-refractivity contribution < 1.29 is 23.9 Å². The molecule has 2 amide bonds. The van der Waals surface area contributed by atoms with Crippen LogP contribution in [0.25, 0.3) is 5.69 Å². The number of carbonyl (C=O) groups is 3. The maximum atomic E-state index is 12.6. The topological polar surface area (TPSA) is 112 Å². The Morgan fingerprint density at radius 1 is 1.13 bits per heavy atom. The molecule has 2 N–H and O–H groups in total. The van der Waals surface area contributed by atoms with E-state index in [0.717, 1.165) is 4.47 Å². The van der Waals surface area contributed by atoms with Crippen LogP contribution in [-0.2, 0) is 14.3 Å². The van der Waals surface area contributed by atoms with E-state index in [2.05, 4.69) is 31.7 Å². The molecule has 1 aromatic carbocycles. The molecule has 1 aliphatic rings. The van der Waals surface area contributed by atoms with Crippen molar-refractivity contribution >= 4 is 33.9 Å². The lowest BCUT2D eigenvalue weighted by Crippen LogP contribution is -2.45. The Labute approximate surface area is 181 Å². The first kappa shape index (κ1) is 21.6. The number of ether oxygens (including phenoxy) is 2. The highest BCUT2D eigenvalue weighted by molar-refractivity contribution is 9.10. The lowest BCUT2D eigenvalue weighted by atomic mass is 9.96. The van der Waals surface area contributed by atoms with Crippen molar-refractivity contribution in [2.45, 2.75) is 26.8 Å². The van der Waals surface area contributed by atoms with E-state index in [1.54, 1.807) is 27.0 Å². The summed E-state index contributed by atoms with van der Waals surface area (Å²) in [7, 11) is 0. The molecule has 0 fully saturated rings. The van der Waals surface area contributed by atoms with Crippen LogP contribution in [0.15, 0.2) is 46.2 Å². The first-order valence-corrected chi connectivity index (χ1v) is 10.1. The van der Waals surface area contributed by atoms with Crippen LogP contribution >= 0.6 is 15.9 Å². The molecule has 2 aromatic rings. The normalized spacial score (nSPS) is 16.0. The fourth-order valence-corrected chi connectivity index (χ4v) is 3.35. The summed E-state index contributed by atoms with van der Waals surface area (Å²) >= 11 is 3.38. The zero-order chi connectivity index (χ0) is 21.8. The highest BCUT2D eigenvalue weighted by Crippen LogP contribution is 2.31. The molecule has 0 unspecified atom stereocenters. The van der Waals surface area contributed by atoms with Crippen LogP contribution in [0.5, 0.6) is 0 Å². The Hall–Kier alpha value is -3.14. The van der Waals surface area contributed by atoms with Gasteiger partial charge in [0.15, 0.2) is 5.69 Å². The van der Waals surface area contributed by atoms with Crippen LogP contribution in [0.3, 0.4) is 0 Å². The molecular weight excluding hydrogens is 456 g/mol. The van der Waals surface area contributed by atoms with Crippen molar-refractivity contribution in [1.82, 2.24) is 20.4 Å². The van der Waals surface area contributed by atoms with Gasteiger partial charge in [0.25, 0.3) is 0 Å². The van der Waals surface area contributed by atoms with Gasteiger partial charge in [-0.05, 0) is 45.0 Å². The van der Waals surface area contributed by atoms with E-state index in [1.807, 2.05) is 24.3 Å². The second-order valence-electron chi connectivity index (χ2n) is 6.37. The lowest BCUT2D eigenvalue weighted by Gasteiger charge is -2.27. The van der Waals surface area contributed by atoms with Gasteiger partial charge in [0.05, 0.1) is 30.5 Å². The number of carbonyl (C=O) groups excluding carboxylic acids is 3. The summed E-state index contributed by atoms with van der Waals surface area (Å²) in [6.07, 6.45) is 1.60. The second kappa shape index (κ2) is 9.12. The fraction of sp³-hybridized carbons (Fsp3) is 0.300. The van der Waals surface area contributed by atoms with E-state index in [-0.39, 0.29) is 24.5 Å². The van der Waals surface area contributed by atoms with E-state index in [4.69, 9.17) is 9.47 Å². The minimum absolute atomic E-state index is 0.00145. The first-order chi connectivity index (χ1) is 14.3. The van der Waals surface area contributed by atoms with Crippen LogP contribution in [0, 0.1) is 0 Å². The number of hydrogen-bond acceptors (Lipinski definition) is 6. The molecule has 0 saturated heterocycles. The molecule has 0 aliphatic carbocycles. The molecule has 30 heavy (non-hydrogen) atoms. The highest BCUT2D eigenvalue weighted by Gasteiger charge is 2.36. The van der Waals surface area contributed by atoms with Crippen LogP contribution in [0.1, 0.15) is 42.9 Å². The molecule has 9 nitrogen and oxygen atoms in total. The minimum Gasteiger partial charge on any atom is -0.463 e. The predicted octanol–water partition coefficient (Wildman–Crippen LogP) is 3.00. The maximum Gasteiger partial charge on any atom is 0.359 e. The Kier molecular flexibility index (Phi) is 6.56. The molecule has 0 spiro atoms. The second-order valence-corrected chi connectivity index (χ2v) is 7.28. The highest BCUT2D eigenvalue weighted by atomic mass is 79.9. The molecule has 1 aromatic heterocycles. The zero-order valence-corrected chi connectivity index (χ0v) is 18.3. The Balaban J connectivity index is 2.14. The summed E-state index contributed by atoms with van der Waals surface area (Å²) in [4.78, 5) is 37.4. The Bertz CT molecular complexity index is 1010. The van der Waals surface area contributed by atoms with E-state index in [1.165, 1.54) is 4.68 Å².